The van der Waals surface area contributed by atoms with E-state index < -0.39 is 15.8 Å². The molecule has 1 aliphatic rings. The second-order valence-electron chi connectivity index (χ2n) is 6.09. The molecule has 8 heteroatoms. The summed E-state index contributed by atoms with van der Waals surface area (Å²) < 4.78 is 51.4. The molecule has 1 aliphatic heterocycles. The molecule has 0 unspecified atom stereocenters. The molecule has 0 saturated carbocycles. The smallest absolute Gasteiger partial charge is 0.246 e. The number of methoxy groups -OCH3 is 1. The van der Waals surface area contributed by atoms with Crippen molar-refractivity contribution in [3.8, 4) is 5.75 Å². The van der Waals surface area contributed by atoms with Crippen molar-refractivity contribution in [3.05, 3.63) is 24.0 Å². The number of rotatable bonds is 9. The number of hydrogen-bond donors (Lipinski definition) is 1. The fourth-order valence-corrected chi connectivity index (χ4v) is 4.49. The molecule has 0 spiro atoms. The Morgan fingerprint density at radius 3 is 2.64 bits per heavy atom. The van der Waals surface area contributed by atoms with Gasteiger partial charge in [-0.25, -0.2) is 12.8 Å². The van der Waals surface area contributed by atoms with Gasteiger partial charge in [-0.1, -0.05) is 6.92 Å². The number of ether oxygens (including phenoxy) is 2. The van der Waals surface area contributed by atoms with Gasteiger partial charge in [0.05, 0.1) is 6.61 Å². The van der Waals surface area contributed by atoms with E-state index in [9.17, 15) is 12.8 Å². The van der Waals surface area contributed by atoms with Crippen molar-refractivity contribution >= 4 is 10.0 Å². The van der Waals surface area contributed by atoms with E-state index in [-0.39, 0.29) is 17.3 Å². The summed E-state index contributed by atoms with van der Waals surface area (Å²) in [5, 5.41) is 3.30. The van der Waals surface area contributed by atoms with Gasteiger partial charge in [-0.3, -0.25) is 0 Å². The SMILES string of the molecule is CCNCC1CCN(S(=O)(=O)c2cc(F)ccc2OCCOC)CC1. The molecule has 6 nitrogen and oxygen atoms in total. The van der Waals surface area contributed by atoms with E-state index >= 15 is 0 Å². The Morgan fingerprint density at radius 2 is 2.00 bits per heavy atom. The average molecular weight is 374 g/mol. The minimum absolute atomic E-state index is 0.117. The number of nitrogens with zero attached hydrogens (tertiary/aromatic N) is 1. The van der Waals surface area contributed by atoms with Crippen LogP contribution in [0.15, 0.2) is 23.1 Å². The molecule has 0 aliphatic carbocycles. The van der Waals surface area contributed by atoms with Gasteiger partial charge >= 0.3 is 0 Å². The van der Waals surface area contributed by atoms with Gasteiger partial charge in [-0.05, 0) is 50.0 Å². The molecule has 1 N–H and O–H groups in total. The molecule has 25 heavy (non-hydrogen) atoms. The highest BCUT2D eigenvalue weighted by molar-refractivity contribution is 7.89. The lowest BCUT2D eigenvalue weighted by Crippen LogP contribution is -2.40. The molecule has 1 heterocycles. The lowest BCUT2D eigenvalue weighted by atomic mass is 9.98. The summed E-state index contributed by atoms with van der Waals surface area (Å²) in [5.41, 5.74) is 0. The molecule has 0 bridgehead atoms. The molecule has 1 saturated heterocycles. The molecule has 0 atom stereocenters. The summed E-state index contributed by atoms with van der Waals surface area (Å²) in [5.74, 6) is 0.0317. The number of halogens is 1. The van der Waals surface area contributed by atoms with Gasteiger partial charge < -0.3 is 14.8 Å². The van der Waals surface area contributed by atoms with Crippen molar-refractivity contribution in [2.45, 2.75) is 24.7 Å². The van der Waals surface area contributed by atoms with E-state index in [1.807, 2.05) is 0 Å². The Labute approximate surface area is 149 Å². The van der Waals surface area contributed by atoms with E-state index in [0.29, 0.717) is 25.6 Å². The molecule has 1 aromatic carbocycles. The van der Waals surface area contributed by atoms with Crippen LogP contribution in [0.2, 0.25) is 0 Å². The minimum Gasteiger partial charge on any atom is -0.490 e. The molecule has 0 radical (unpaired) electrons. The Kier molecular flexibility index (Phi) is 7.61. The van der Waals surface area contributed by atoms with E-state index in [0.717, 1.165) is 32.0 Å². The second-order valence-corrected chi connectivity index (χ2v) is 7.99. The van der Waals surface area contributed by atoms with Crippen LogP contribution in [0.25, 0.3) is 0 Å². The lowest BCUT2D eigenvalue weighted by molar-refractivity contribution is 0.144. The zero-order valence-electron chi connectivity index (χ0n) is 14.8. The largest absolute Gasteiger partial charge is 0.490 e. The standard InChI is InChI=1S/C17H27FN2O4S/c1-3-19-13-14-6-8-20(9-7-14)25(21,22)17-12-15(18)4-5-16(17)24-11-10-23-2/h4-5,12,14,19H,3,6-11,13H2,1-2H3. The van der Waals surface area contributed by atoms with Gasteiger partial charge in [0.1, 0.15) is 23.1 Å². The highest BCUT2D eigenvalue weighted by atomic mass is 32.2. The summed E-state index contributed by atoms with van der Waals surface area (Å²) in [7, 11) is -2.26. The van der Waals surface area contributed by atoms with Crippen LogP contribution in [-0.4, -0.2) is 59.2 Å². The molecular weight excluding hydrogens is 347 g/mol. The third kappa shape index (κ3) is 5.37. The summed E-state index contributed by atoms with van der Waals surface area (Å²) >= 11 is 0. The topological polar surface area (TPSA) is 67.9 Å². The van der Waals surface area contributed by atoms with Crippen LogP contribution in [0.3, 0.4) is 0 Å². The van der Waals surface area contributed by atoms with Gasteiger partial charge in [-0.2, -0.15) is 4.31 Å². The number of sulfonamides is 1. The van der Waals surface area contributed by atoms with Gasteiger partial charge in [-0.15, -0.1) is 0 Å². The lowest BCUT2D eigenvalue weighted by Gasteiger charge is -2.31. The van der Waals surface area contributed by atoms with Gasteiger partial charge in [0.25, 0.3) is 0 Å². The average Bonchev–Trinajstić information content (AvgIpc) is 2.61. The Morgan fingerprint density at radius 1 is 1.28 bits per heavy atom. The first-order valence-corrected chi connectivity index (χ1v) is 10.0. The highest BCUT2D eigenvalue weighted by Gasteiger charge is 2.31. The maximum absolute atomic E-state index is 13.7. The summed E-state index contributed by atoms with van der Waals surface area (Å²) in [6.07, 6.45) is 1.59. The van der Waals surface area contributed by atoms with Gasteiger partial charge in [0, 0.05) is 20.2 Å². The fraction of sp³-hybridized carbons (Fsp3) is 0.647. The van der Waals surface area contributed by atoms with E-state index in [4.69, 9.17) is 9.47 Å². The highest BCUT2D eigenvalue weighted by Crippen LogP contribution is 2.30. The van der Waals surface area contributed by atoms with Crippen molar-refractivity contribution < 1.29 is 22.3 Å². The molecule has 0 aromatic heterocycles. The molecular formula is C17H27FN2O4S. The van der Waals surface area contributed by atoms with Crippen LogP contribution < -0.4 is 10.1 Å². The first-order valence-electron chi connectivity index (χ1n) is 8.61. The number of nitrogens with one attached hydrogen (secondary N) is 1. The number of piperidine rings is 1. The molecule has 0 amide bonds. The van der Waals surface area contributed by atoms with Gasteiger partial charge in [0.2, 0.25) is 10.0 Å². The van der Waals surface area contributed by atoms with Crippen LogP contribution in [0.1, 0.15) is 19.8 Å². The summed E-state index contributed by atoms with van der Waals surface area (Å²) in [4.78, 5) is -0.117. The first-order chi connectivity index (χ1) is 12.0. The van der Waals surface area contributed by atoms with Crippen molar-refractivity contribution in [2.24, 2.45) is 5.92 Å². The third-order valence-electron chi connectivity index (χ3n) is 4.33. The van der Waals surface area contributed by atoms with Crippen molar-refractivity contribution in [1.29, 1.82) is 0 Å². The van der Waals surface area contributed by atoms with Crippen LogP contribution >= 0.6 is 0 Å². The predicted octanol–water partition coefficient (Wildman–Crippen LogP) is 1.86. The molecule has 1 fully saturated rings. The van der Waals surface area contributed by atoms with Crippen molar-refractivity contribution in [3.63, 3.8) is 0 Å². The van der Waals surface area contributed by atoms with Crippen molar-refractivity contribution in [2.75, 3.05) is 46.5 Å². The zero-order valence-corrected chi connectivity index (χ0v) is 15.6. The molecule has 2 rings (SSSR count). The second kappa shape index (κ2) is 9.47. The first kappa shape index (κ1) is 20.1. The predicted molar refractivity (Wildman–Crippen MR) is 93.8 cm³/mol. The Balaban J connectivity index is 2.12. The van der Waals surface area contributed by atoms with Crippen molar-refractivity contribution in [1.82, 2.24) is 9.62 Å². The van der Waals surface area contributed by atoms with Crippen LogP contribution in [0, 0.1) is 11.7 Å². The Hall–Kier alpha value is -1.22. The number of benzene rings is 1. The van der Waals surface area contributed by atoms with Crippen LogP contribution in [-0.2, 0) is 14.8 Å². The van der Waals surface area contributed by atoms with E-state index in [2.05, 4.69) is 12.2 Å². The summed E-state index contributed by atoms with van der Waals surface area (Å²) in [6.45, 7) is 5.26. The van der Waals surface area contributed by atoms with E-state index in [1.54, 1.807) is 0 Å². The zero-order chi connectivity index (χ0) is 18.3. The minimum atomic E-state index is -3.79. The van der Waals surface area contributed by atoms with Gasteiger partial charge in [0.15, 0.2) is 0 Å². The normalized spacial score (nSPS) is 16.9. The molecule has 1 aromatic rings. The quantitative estimate of drug-likeness (QED) is 0.669. The third-order valence-corrected chi connectivity index (χ3v) is 6.24. The monoisotopic (exact) mass is 374 g/mol. The van der Waals surface area contributed by atoms with Crippen LogP contribution in [0.5, 0.6) is 5.75 Å². The fourth-order valence-electron chi connectivity index (χ4n) is 2.88. The maximum atomic E-state index is 13.7. The van der Waals surface area contributed by atoms with Crippen LogP contribution in [0.4, 0.5) is 4.39 Å². The van der Waals surface area contributed by atoms with E-state index in [1.165, 1.54) is 23.5 Å². The number of hydrogen-bond acceptors (Lipinski definition) is 5. The Bertz CT molecular complexity index is 646. The molecule has 142 valence electrons. The summed E-state index contributed by atoms with van der Waals surface area (Å²) in [6, 6.07) is 3.59. The maximum Gasteiger partial charge on any atom is 0.246 e.